The number of aromatic nitrogens is 1. The van der Waals surface area contributed by atoms with E-state index in [4.69, 9.17) is 0 Å². The number of aliphatic hydroxyl groups excluding tert-OH is 1. The molecule has 6 nitrogen and oxygen atoms in total. The number of nitrogens with zero attached hydrogens (tertiary/aromatic N) is 2. The van der Waals surface area contributed by atoms with Gasteiger partial charge in [0.2, 0.25) is 10.0 Å². The molecule has 4 aromatic rings. The Balaban J connectivity index is 1.32. The lowest BCUT2D eigenvalue weighted by Crippen LogP contribution is -2.38. The number of hydrogen-bond acceptors (Lipinski definition) is 4. The molecule has 0 unspecified atom stereocenters. The van der Waals surface area contributed by atoms with Crippen LogP contribution in [0.1, 0.15) is 46.7 Å². The molecule has 0 aliphatic carbocycles. The minimum absolute atomic E-state index is 0.270. The first-order valence-corrected chi connectivity index (χ1v) is 15.2. The van der Waals surface area contributed by atoms with E-state index in [2.05, 4.69) is 67.1 Å². The molecule has 0 amide bonds. The second kappa shape index (κ2) is 11.2. The first kappa shape index (κ1) is 27.4. The molecular formula is C32H39N3O3S. The van der Waals surface area contributed by atoms with Gasteiger partial charge in [-0.3, -0.25) is 0 Å². The highest BCUT2D eigenvalue weighted by atomic mass is 32.2. The van der Waals surface area contributed by atoms with Gasteiger partial charge in [0.25, 0.3) is 0 Å². The molecule has 1 aliphatic heterocycles. The van der Waals surface area contributed by atoms with Crippen molar-refractivity contribution < 1.29 is 13.5 Å². The molecule has 206 valence electrons. The number of para-hydroxylation sites is 1. The average Bonchev–Trinajstić information content (AvgIpc) is 3.18. The van der Waals surface area contributed by atoms with Gasteiger partial charge >= 0.3 is 0 Å². The number of benzene rings is 3. The van der Waals surface area contributed by atoms with Crippen LogP contribution in [-0.4, -0.2) is 48.1 Å². The first-order chi connectivity index (χ1) is 18.6. The van der Waals surface area contributed by atoms with Crippen molar-refractivity contribution in [1.82, 2.24) is 8.87 Å². The Morgan fingerprint density at radius 1 is 0.897 bits per heavy atom. The Bertz CT molecular complexity index is 1550. The van der Waals surface area contributed by atoms with Gasteiger partial charge in [0, 0.05) is 41.9 Å². The molecule has 2 heterocycles. The summed E-state index contributed by atoms with van der Waals surface area (Å²) in [4.78, 5) is 0.364. The second-order valence-electron chi connectivity index (χ2n) is 11.0. The molecule has 1 fully saturated rings. The van der Waals surface area contributed by atoms with Crippen molar-refractivity contribution in [3.63, 3.8) is 0 Å². The van der Waals surface area contributed by atoms with E-state index >= 15 is 0 Å². The minimum Gasteiger partial charge on any atom is -0.389 e. The Morgan fingerprint density at radius 3 is 2.21 bits per heavy atom. The molecule has 7 heteroatoms. The number of hydrogen-bond donors (Lipinski definition) is 2. The summed E-state index contributed by atoms with van der Waals surface area (Å²) in [5, 5.41) is 15.6. The molecule has 1 atom stereocenters. The Morgan fingerprint density at radius 2 is 1.54 bits per heavy atom. The van der Waals surface area contributed by atoms with E-state index in [-0.39, 0.29) is 5.92 Å². The van der Waals surface area contributed by atoms with Crippen molar-refractivity contribution in [2.45, 2.75) is 64.0 Å². The van der Waals surface area contributed by atoms with Crippen LogP contribution in [0.4, 0.5) is 5.69 Å². The number of aryl methyl sites for hydroxylation is 3. The van der Waals surface area contributed by atoms with Gasteiger partial charge in [-0.2, -0.15) is 4.31 Å². The molecule has 1 saturated heterocycles. The van der Waals surface area contributed by atoms with Crippen molar-refractivity contribution in [3.05, 3.63) is 94.7 Å². The number of rotatable bonds is 8. The Labute approximate surface area is 232 Å². The zero-order chi connectivity index (χ0) is 27.7. The topological polar surface area (TPSA) is 74.6 Å². The summed E-state index contributed by atoms with van der Waals surface area (Å²) in [7, 11) is -3.49. The van der Waals surface area contributed by atoms with Crippen molar-refractivity contribution in [3.8, 4) is 0 Å². The molecule has 0 radical (unpaired) electrons. The van der Waals surface area contributed by atoms with Gasteiger partial charge in [-0.1, -0.05) is 42.0 Å². The van der Waals surface area contributed by atoms with E-state index in [0.717, 1.165) is 35.3 Å². The van der Waals surface area contributed by atoms with Crippen LogP contribution in [-0.2, 0) is 16.6 Å². The van der Waals surface area contributed by atoms with Gasteiger partial charge in [-0.05, 0) is 93.5 Å². The third kappa shape index (κ3) is 5.76. The van der Waals surface area contributed by atoms with Crippen molar-refractivity contribution in [2.24, 2.45) is 0 Å². The number of aliphatic hydroxyl groups is 1. The molecule has 2 N–H and O–H groups in total. The first-order valence-electron chi connectivity index (χ1n) is 13.8. The van der Waals surface area contributed by atoms with Crippen molar-refractivity contribution in [2.75, 3.05) is 25.0 Å². The molecule has 1 aromatic heterocycles. The fourth-order valence-electron chi connectivity index (χ4n) is 6.04. The number of piperidine rings is 1. The van der Waals surface area contributed by atoms with Crippen LogP contribution in [0.25, 0.3) is 10.9 Å². The number of fused-ring (bicyclic) bond motifs is 1. The van der Waals surface area contributed by atoms with Gasteiger partial charge in [-0.25, -0.2) is 8.42 Å². The average molecular weight is 546 g/mol. The van der Waals surface area contributed by atoms with Gasteiger partial charge in [0.1, 0.15) is 0 Å². The van der Waals surface area contributed by atoms with Crippen LogP contribution < -0.4 is 5.32 Å². The van der Waals surface area contributed by atoms with E-state index in [0.29, 0.717) is 31.1 Å². The smallest absolute Gasteiger partial charge is 0.243 e. The van der Waals surface area contributed by atoms with Crippen LogP contribution in [0, 0.1) is 27.7 Å². The predicted octanol–water partition coefficient (Wildman–Crippen LogP) is 5.92. The number of sulfonamides is 1. The highest BCUT2D eigenvalue weighted by molar-refractivity contribution is 7.89. The van der Waals surface area contributed by atoms with Gasteiger partial charge in [0.05, 0.1) is 17.5 Å². The quantitative estimate of drug-likeness (QED) is 0.288. The van der Waals surface area contributed by atoms with Gasteiger partial charge < -0.3 is 15.0 Å². The molecule has 5 rings (SSSR count). The number of nitrogens with one attached hydrogen (secondary N) is 1. The standard InChI is InChI=1S/C32H39N3O3S/c1-22-9-11-29(12-10-22)39(37,38)34-15-13-26(14-16-34)32-25(4)35(31-8-6-5-7-30(31)32)21-28(36)20-33-27-18-23(2)17-24(3)19-27/h5-12,17-19,26,28,33,36H,13-16,20-21H2,1-4H3/t28-/m1/s1. The largest absolute Gasteiger partial charge is 0.389 e. The third-order valence-corrected chi connectivity index (χ3v) is 9.87. The summed E-state index contributed by atoms with van der Waals surface area (Å²) in [5.74, 6) is 0.270. The number of anilines is 1. The minimum atomic E-state index is -3.49. The predicted molar refractivity (Wildman–Crippen MR) is 159 cm³/mol. The fourth-order valence-corrected chi connectivity index (χ4v) is 7.51. The van der Waals surface area contributed by atoms with Crippen LogP contribution >= 0.6 is 0 Å². The normalized spacial score (nSPS) is 16.0. The summed E-state index contributed by atoms with van der Waals surface area (Å²) < 4.78 is 30.3. The molecular weight excluding hydrogens is 506 g/mol. The molecule has 39 heavy (non-hydrogen) atoms. The monoisotopic (exact) mass is 545 g/mol. The summed E-state index contributed by atoms with van der Waals surface area (Å²) in [6, 6.07) is 21.8. The molecule has 0 spiro atoms. The van der Waals surface area contributed by atoms with Crippen molar-refractivity contribution >= 4 is 26.6 Å². The molecule has 3 aromatic carbocycles. The lowest BCUT2D eigenvalue weighted by Gasteiger charge is -2.31. The van der Waals surface area contributed by atoms with Crippen molar-refractivity contribution in [1.29, 1.82) is 0 Å². The SMILES string of the molecule is Cc1ccc(S(=O)(=O)N2CCC(c3c(C)n(C[C@H](O)CNc4cc(C)cc(C)c4)c4ccccc34)CC2)cc1. The van der Waals surface area contributed by atoms with Crippen LogP contribution in [0.2, 0.25) is 0 Å². The molecule has 0 saturated carbocycles. The summed E-state index contributed by atoms with van der Waals surface area (Å²) in [5.41, 5.74) is 8.02. The Hall–Kier alpha value is -3.13. The second-order valence-corrected chi connectivity index (χ2v) is 13.0. The Kier molecular flexibility index (Phi) is 7.85. The van der Waals surface area contributed by atoms with E-state index in [9.17, 15) is 13.5 Å². The van der Waals surface area contributed by atoms with E-state index in [1.807, 2.05) is 25.1 Å². The lowest BCUT2D eigenvalue weighted by atomic mass is 9.88. The zero-order valence-electron chi connectivity index (χ0n) is 23.3. The highest BCUT2D eigenvalue weighted by Crippen LogP contribution is 2.38. The lowest BCUT2D eigenvalue weighted by molar-refractivity contribution is 0.167. The highest BCUT2D eigenvalue weighted by Gasteiger charge is 2.32. The summed E-state index contributed by atoms with van der Waals surface area (Å²) in [6.45, 7) is 10.2. The maximum atomic E-state index is 13.2. The maximum absolute atomic E-state index is 13.2. The van der Waals surface area contributed by atoms with Crippen LogP contribution in [0.15, 0.2) is 71.6 Å². The zero-order valence-corrected chi connectivity index (χ0v) is 24.1. The fraction of sp³-hybridized carbons (Fsp3) is 0.375. The summed E-state index contributed by atoms with van der Waals surface area (Å²) >= 11 is 0. The van der Waals surface area contributed by atoms with E-state index < -0.39 is 16.1 Å². The maximum Gasteiger partial charge on any atom is 0.243 e. The van der Waals surface area contributed by atoms with E-state index in [1.165, 1.54) is 22.1 Å². The van der Waals surface area contributed by atoms with Gasteiger partial charge in [0.15, 0.2) is 0 Å². The van der Waals surface area contributed by atoms with Crippen LogP contribution in [0.3, 0.4) is 0 Å². The van der Waals surface area contributed by atoms with Gasteiger partial charge in [-0.15, -0.1) is 0 Å². The molecule has 1 aliphatic rings. The molecule has 0 bridgehead atoms. The summed E-state index contributed by atoms with van der Waals surface area (Å²) in [6.07, 6.45) is 0.989. The van der Waals surface area contributed by atoms with E-state index in [1.54, 1.807) is 16.4 Å². The third-order valence-electron chi connectivity index (χ3n) is 7.96. The van der Waals surface area contributed by atoms with Crippen LogP contribution in [0.5, 0.6) is 0 Å².